The quantitative estimate of drug-likeness (QED) is 0.720. The van der Waals surface area contributed by atoms with Gasteiger partial charge in [0.2, 0.25) is 0 Å². The van der Waals surface area contributed by atoms with Crippen LogP contribution < -0.4 is 15.4 Å². The molecule has 6 nitrogen and oxygen atoms in total. The molecule has 0 saturated heterocycles. The Morgan fingerprint density at radius 1 is 1.15 bits per heavy atom. The highest BCUT2D eigenvalue weighted by Gasteiger charge is 2.17. The summed E-state index contributed by atoms with van der Waals surface area (Å²) in [6.07, 6.45) is 1.64. The number of urea groups is 1. The third kappa shape index (κ3) is 6.11. The summed E-state index contributed by atoms with van der Waals surface area (Å²) in [6.45, 7) is 5.73. The lowest BCUT2D eigenvalue weighted by atomic mass is 10.2. The predicted molar refractivity (Wildman–Crippen MR) is 102 cm³/mol. The van der Waals surface area contributed by atoms with Gasteiger partial charge in [0.1, 0.15) is 11.5 Å². The number of benzene rings is 1. The lowest BCUT2D eigenvalue weighted by Gasteiger charge is -2.22. The van der Waals surface area contributed by atoms with E-state index in [0.29, 0.717) is 25.6 Å². The molecule has 0 aliphatic carbocycles. The van der Waals surface area contributed by atoms with Gasteiger partial charge in [-0.05, 0) is 38.2 Å². The fraction of sp³-hybridized carbons (Fsp3) is 0.450. The number of nitrogens with one attached hydrogen (secondary N) is 2. The van der Waals surface area contributed by atoms with Crippen molar-refractivity contribution in [3.63, 3.8) is 0 Å². The van der Waals surface area contributed by atoms with E-state index in [1.807, 2.05) is 55.4 Å². The van der Waals surface area contributed by atoms with Gasteiger partial charge < -0.3 is 19.8 Å². The maximum Gasteiger partial charge on any atom is 0.315 e. The second kappa shape index (κ2) is 9.87. The molecule has 1 atom stereocenters. The number of carbonyl (C=O) groups is 1. The lowest BCUT2D eigenvalue weighted by molar-refractivity contribution is 0.224. The SMILES string of the molecule is CC(C)COc1ccccc1CNC(=O)NCC(c1ccco1)N(C)C. The van der Waals surface area contributed by atoms with Gasteiger partial charge in [0.05, 0.1) is 18.9 Å². The Morgan fingerprint density at radius 2 is 1.92 bits per heavy atom. The number of rotatable bonds is 9. The van der Waals surface area contributed by atoms with Crippen molar-refractivity contribution in [2.75, 3.05) is 27.2 Å². The standard InChI is InChI=1S/C20H29N3O3/c1-15(2)14-26-18-9-6-5-8-16(18)12-21-20(24)22-13-17(23(3)4)19-10-7-11-25-19/h5-11,15,17H,12-14H2,1-4H3,(H2,21,22,24). The minimum atomic E-state index is -0.220. The predicted octanol–water partition coefficient (Wildman–Crippen LogP) is 3.42. The highest BCUT2D eigenvalue weighted by molar-refractivity contribution is 5.74. The second-order valence-electron chi connectivity index (χ2n) is 6.87. The summed E-state index contributed by atoms with van der Waals surface area (Å²) in [4.78, 5) is 14.2. The zero-order chi connectivity index (χ0) is 18.9. The van der Waals surface area contributed by atoms with Crippen molar-refractivity contribution < 1.29 is 13.9 Å². The first-order chi connectivity index (χ1) is 12.5. The lowest BCUT2D eigenvalue weighted by Crippen LogP contribution is -2.40. The Bertz CT molecular complexity index is 669. The Hall–Kier alpha value is -2.47. The second-order valence-corrected chi connectivity index (χ2v) is 6.87. The van der Waals surface area contributed by atoms with Crippen LogP contribution in [0.1, 0.15) is 31.2 Å². The number of amides is 2. The first-order valence-corrected chi connectivity index (χ1v) is 8.89. The Kier molecular flexibility index (Phi) is 7.53. The molecule has 0 aliphatic heterocycles. The van der Waals surface area contributed by atoms with Gasteiger partial charge in [-0.2, -0.15) is 0 Å². The Morgan fingerprint density at radius 3 is 2.58 bits per heavy atom. The van der Waals surface area contributed by atoms with Crippen molar-refractivity contribution in [2.24, 2.45) is 5.92 Å². The van der Waals surface area contributed by atoms with Gasteiger partial charge in [0.25, 0.3) is 0 Å². The Labute approximate surface area is 155 Å². The molecule has 0 radical (unpaired) electrons. The van der Waals surface area contributed by atoms with Crippen molar-refractivity contribution in [2.45, 2.75) is 26.4 Å². The summed E-state index contributed by atoms with van der Waals surface area (Å²) in [7, 11) is 3.91. The van der Waals surface area contributed by atoms with Crippen LogP contribution in [0.25, 0.3) is 0 Å². The van der Waals surface area contributed by atoms with Crippen LogP contribution in [0.3, 0.4) is 0 Å². The fourth-order valence-corrected chi connectivity index (χ4v) is 2.49. The van der Waals surface area contributed by atoms with Crippen LogP contribution in [0.2, 0.25) is 0 Å². The number of hydrogen-bond acceptors (Lipinski definition) is 4. The average molecular weight is 359 g/mol. The van der Waals surface area contributed by atoms with Crippen LogP contribution in [-0.4, -0.2) is 38.2 Å². The number of hydrogen-bond donors (Lipinski definition) is 2. The minimum absolute atomic E-state index is 0.0163. The van der Waals surface area contributed by atoms with Gasteiger partial charge >= 0.3 is 6.03 Å². The molecule has 1 aromatic carbocycles. The molecule has 0 spiro atoms. The van der Waals surface area contributed by atoms with Crippen LogP contribution in [0, 0.1) is 5.92 Å². The summed E-state index contributed by atoms with van der Waals surface area (Å²) in [6, 6.07) is 11.3. The molecule has 6 heteroatoms. The maximum absolute atomic E-state index is 12.2. The number of likely N-dealkylation sites (N-methyl/N-ethyl adjacent to an activating group) is 1. The maximum atomic E-state index is 12.2. The number of nitrogens with zero attached hydrogens (tertiary/aromatic N) is 1. The molecule has 1 unspecified atom stereocenters. The molecule has 0 saturated carbocycles. The van der Waals surface area contributed by atoms with Crippen molar-refractivity contribution >= 4 is 6.03 Å². The molecule has 2 N–H and O–H groups in total. The first-order valence-electron chi connectivity index (χ1n) is 8.89. The van der Waals surface area contributed by atoms with E-state index in [1.54, 1.807) is 6.26 Å². The van der Waals surface area contributed by atoms with Crippen LogP contribution >= 0.6 is 0 Å². The molecule has 0 bridgehead atoms. The summed E-state index contributed by atoms with van der Waals surface area (Å²) >= 11 is 0. The smallest absolute Gasteiger partial charge is 0.315 e. The van der Waals surface area contributed by atoms with Gasteiger partial charge in [0.15, 0.2) is 0 Å². The monoisotopic (exact) mass is 359 g/mol. The van der Waals surface area contributed by atoms with Crippen LogP contribution in [0.5, 0.6) is 5.75 Å². The summed E-state index contributed by atoms with van der Waals surface area (Å²) in [5.41, 5.74) is 0.957. The number of carbonyl (C=O) groups excluding carboxylic acids is 1. The minimum Gasteiger partial charge on any atom is -0.493 e. The summed E-state index contributed by atoms with van der Waals surface area (Å²) in [5, 5.41) is 5.79. The van der Waals surface area contributed by atoms with E-state index in [1.165, 1.54) is 0 Å². The normalized spacial score (nSPS) is 12.2. The van der Waals surface area contributed by atoms with E-state index in [2.05, 4.69) is 24.5 Å². The van der Waals surface area contributed by atoms with Gasteiger partial charge in [0, 0.05) is 18.7 Å². The topological polar surface area (TPSA) is 66.7 Å². The van der Waals surface area contributed by atoms with Crippen molar-refractivity contribution in [3.8, 4) is 5.75 Å². The first kappa shape index (κ1) is 19.8. The van der Waals surface area contributed by atoms with Crippen molar-refractivity contribution in [3.05, 3.63) is 54.0 Å². The van der Waals surface area contributed by atoms with Crippen LogP contribution in [0.15, 0.2) is 47.1 Å². The van der Waals surface area contributed by atoms with E-state index in [9.17, 15) is 4.79 Å². The molecular formula is C20H29N3O3. The molecule has 1 aromatic heterocycles. The molecule has 1 heterocycles. The van der Waals surface area contributed by atoms with E-state index >= 15 is 0 Å². The van der Waals surface area contributed by atoms with Crippen LogP contribution in [-0.2, 0) is 6.54 Å². The number of ether oxygens (including phenoxy) is 1. The molecular weight excluding hydrogens is 330 g/mol. The Balaban J connectivity index is 1.85. The van der Waals surface area contributed by atoms with Crippen molar-refractivity contribution in [1.82, 2.24) is 15.5 Å². The van der Waals surface area contributed by atoms with Gasteiger partial charge in [-0.1, -0.05) is 32.0 Å². The van der Waals surface area contributed by atoms with Gasteiger partial charge in [-0.3, -0.25) is 4.90 Å². The third-order valence-corrected chi connectivity index (χ3v) is 3.94. The third-order valence-electron chi connectivity index (χ3n) is 3.94. The number of para-hydroxylation sites is 1. The van der Waals surface area contributed by atoms with E-state index in [0.717, 1.165) is 17.1 Å². The van der Waals surface area contributed by atoms with Crippen molar-refractivity contribution in [1.29, 1.82) is 0 Å². The highest BCUT2D eigenvalue weighted by atomic mass is 16.5. The molecule has 26 heavy (non-hydrogen) atoms. The average Bonchev–Trinajstić information content (AvgIpc) is 3.13. The van der Waals surface area contributed by atoms with E-state index in [4.69, 9.17) is 9.15 Å². The van der Waals surface area contributed by atoms with Gasteiger partial charge in [-0.25, -0.2) is 4.79 Å². The molecule has 2 amide bonds. The fourth-order valence-electron chi connectivity index (χ4n) is 2.49. The molecule has 0 fully saturated rings. The molecule has 142 valence electrons. The van der Waals surface area contributed by atoms with E-state index < -0.39 is 0 Å². The highest BCUT2D eigenvalue weighted by Crippen LogP contribution is 2.19. The summed E-state index contributed by atoms with van der Waals surface area (Å²) < 4.78 is 11.3. The zero-order valence-corrected chi connectivity index (χ0v) is 16.0. The van der Waals surface area contributed by atoms with Crippen LogP contribution in [0.4, 0.5) is 4.79 Å². The largest absolute Gasteiger partial charge is 0.493 e. The zero-order valence-electron chi connectivity index (χ0n) is 16.0. The van der Waals surface area contributed by atoms with E-state index in [-0.39, 0.29) is 12.1 Å². The summed E-state index contributed by atoms with van der Waals surface area (Å²) in [5.74, 6) is 2.08. The van der Waals surface area contributed by atoms with Gasteiger partial charge in [-0.15, -0.1) is 0 Å². The molecule has 2 aromatic rings. The molecule has 2 rings (SSSR count). The number of furan rings is 1. The molecule has 0 aliphatic rings.